The van der Waals surface area contributed by atoms with Crippen LogP contribution in [0.2, 0.25) is 0 Å². The summed E-state index contributed by atoms with van der Waals surface area (Å²) in [5, 5.41) is 1.97. The van der Waals surface area contributed by atoms with Crippen LogP contribution in [0.4, 0.5) is 0 Å². The lowest BCUT2D eigenvalue weighted by molar-refractivity contribution is -0.110. The van der Waals surface area contributed by atoms with Gasteiger partial charge in [0.25, 0.3) is 0 Å². The van der Waals surface area contributed by atoms with E-state index in [2.05, 4.69) is 4.98 Å². The van der Waals surface area contributed by atoms with Crippen LogP contribution in [0.1, 0.15) is 12.6 Å². The van der Waals surface area contributed by atoms with Crippen LogP contribution in [-0.4, -0.2) is 11.3 Å². The molecule has 54 valence electrons. The van der Waals surface area contributed by atoms with Crippen LogP contribution < -0.4 is 0 Å². The van der Waals surface area contributed by atoms with E-state index in [1.165, 1.54) is 0 Å². The van der Waals surface area contributed by atoms with E-state index in [9.17, 15) is 4.79 Å². The smallest absolute Gasteiger partial charge is 0.123 e. The monoisotopic (exact) mass is 155 g/mol. The zero-order valence-corrected chi connectivity index (χ0v) is 6.60. The molecule has 3 heteroatoms. The van der Waals surface area contributed by atoms with Crippen molar-refractivity contribution in [3.63, 3.8) is 0 Å². The molecule has 10 heavy (non-hydrogen) atoms. The molecule has 2 nitrogen and oxygen atoms in total. The standard InChI is InChI=1S/C7H9NOS/c1-6(3-9)2-7-4-10-5-8-7/h3-6H,2H2,1H3/t6-/m0/s1. The SMILES string of the molecule is C[C@H](C=O)Cc1cscn1. The largest absolute Gasteiger partial charge is 0.303 e. The van der Waals surface area contributed by atoms with Gasteiger partial charge in [-0.2, -0.15) is 0 Å². The fourth-order valence-corrected chi connectivity index (χ4v) is 1.29. The van der Waals surface area contributed by atoms with Crippen molar-refractivity contribution in [1.82, 2.24) is 4.98 Å². The summed E-state index contributed by atoms with van der Waals surface area (Å²) in [6.07, 6.45) is 1.73. The number of rotatable bonds is 3. The summed E-state index contributed by atoms with van der Waals surface area (Å²) in [5.74, 6) is 0.0992. The highest BCUT2D eigenvalue weighted by Gasteiger charge is 2.01. The molecule has 0 amide bonds. The van der Waals surface area contributed by atoms with E-state index < -0.39 is 0 Å². The summed E-state index contributed by atoms with van der Waals surface area (Å²) in [5.41, 5.74) is 2.80. The molecule has 0 saturated heterocycles. The molecule has 0 spiro atoms. The lowest BCUT2D eigenvalue weighted by Gasteiger charge is -1.96. The van der Waals surface area contributed by atoms with Gasteiger partial charge in [0, 0.05) is 11.3 Å². The summed E-state index contributed by atoms with van der Waals surface area (Å²) in [6.45, 7) is 1.90. The summed E-state index contributed by atoms with van der Waals surface area (Å²) < 4.78 is 0. The van der Waals surface area contributed by atoms with Gasteiger partial charge in [0.15, 0.2) is 0 Å². The van der Waals surface area contributed by atoms with Gasteiger partial charge in [-0.15, -0.1) is 11.3 Å². The molecule has 1 aromatic heterocycles. The molecular weight excluding hydrogens is 146 g/mol. The van der Waals surface area contributed by atoms with E-state index in [-0.39, 0.29) is 5.92 Å². The van der Waals surface area contributed by atoms with Crippen molar-refractivity contribution in [1.29, 1.82) is 0 Å². The maximum Gasteiger partial charge on any atom is 0.123 e. The molecular formula is C7H9NOS. The third-order valence-electron chi connectivity index (χ3n) is 1.25. The first-order valence-corrected chi connectivity index (χ1v) is 4.09. The second-order valence-electron chi connectivity index (χ2n) is 2.30. The minimum Gasteiger partial charge on any atom is -0.303 e. The minimum absolute atomic E-state index is 0.0992. The van der Waals surface area contributed by atoms with Crippen molar-refractivity contribution < 1.29 is 4.79 Å². The fraction of sp³-hybridized carbons (Fsp3) is 0.429. The second-order valence-corrected chi connectivity index (χ2v) is 3.02. The zero-order chi connectivity index (χ0) is 7.40. The molecule has 0 aliphatic rings. The summed E-state index contributed by atoms with van der Waals surface area (Å²) in [6, 6.07) is 0. The van der Waals surface area contributed by atoms with Crippen LogP contribution in [0.15, 0.2) is 10.9 Å². The Morgan fingerprint density at radius 3 is 3.20 bits per heavy atom. The van der Waals surface area contributed by atoms with E-state index in [0.717, 1.165) is 18.4 Å². The van der Waals surface area contributed by atoms with E-state index in [0.29, 0.717) is 0 Å². The Labute approximate surface area is 63.9 Å². The molecule has 0 aliphatic heterocycles. The van der Waals surface area contributed by atoms with Crippen molar-refractivity contribution in [2.75, 3.05) is 0 Å². The molecule has 0 aromatic carbocycles. The van der Waals surface area contributed by atoms with E-state index in [4.69, 9.17) is 0 Å². The van der Waals surface area contributed by atoms with Gasteiger partial charge < -0.3 is 4.79 Å². The Morgan fingerprint density at radius 1 is 1.90 bits per heavy atom. The van der Waals surface area contributed by atoms with Gasteiger partial charge in [-0.1, -0.05) is 6.92 Å². The van der Waals surface area contributed by atoms with Crippen molar-refractivity contribution >= 4 is 17.6 Å². The van der Waals surface area contributed by atoms with Crippen LogP contribution in [-0.2, 0) is 11.2 Å². The number of hydrogen-bond acceptors (Lipinski definition) is 3. The number of nitrogens with zero attached hydrogens (tertiary/aromatic N) is 1. The predicted molar refractivity (Wildman–Crippen MR) is 41.0 cm³/mol. The van der Waals surface area contributed by atoms with E-state index in [1.54, 1.807) is 16.8 Å². The summed E-state index contributed by atoms with van der Waals surface area (Å²) in [7, 11) is 0. The molecule has 0 radical (unpaired) electrons. The molecule has 1 aromatic rings. The molecule has 0 bridgehead atoms. The number of carbonyl (C=O) groups excluding carboxylic acids is 1. The first-order chi connectivity index (χ1) is 4.83. The number of thiazole rings is 1. The van der Waals surface area contributed by atoms with Crippen LogP contribution in [0.3, 0.4) is 0 Å². The van der Waals surface area contributed by atoms with Gasteiger partial charge in [-0.25, -0.2) is 4.98 Å². The molecule has 1 rings (SSSR count). The Kier molecular flexibility index (Phi) is 2.57. The molecule has 0 aliphatic carbocycles. The van der Waals surface area contributed by atoms with Gasteiger partial charge in [0.2, 0.25) is 0 Å². The van der Waals surface area contributed by atoms with Gasteiger partial charge in [-0.05, 0) is 6.42 Å². The Hall–Kier alpha value is -0.700. The molecule has 1 atom stereocenters. The minimum atomic E-state index is 0.0992. The Morgan fingerprint density at radius 2 is 2.70 bits per heavy atom. The highest BCUT2D eigenvalue weighted by atomic mass is 32.1. The fourth-order valence-electron chi connectivity index (χ4n) is 0.716. The van der Waals surface area contributed by atoms with E-state index >= 15 is 0 Å². The normalized spacial score (nSPS) is 12.9. The number of carbonyl (C=O) groups is 1. The topological polar surface area (TPSA) is 30.0 Å². The third kappa shape index (κ3) is 1.92. The highest BCUT2D eigenvalue weighted by molar-refractivity contribution is 7.07. The predicted octanol–water partition coefficient (Wildman–Crippen LogP) is 1.52. The van der Waals surface area contributed by atoms with Gasteiger partial charge >= 0.3 is 0 Å². The second kappa shape index (κ2) is 3.46. The quantitative estimate of drug-likeness (QED) is 0.619. The molecule has 0 fully saturated rings. The number of aldehydes is 1. The average Bonchev–Trinajstić information content (AvgIpc) is 2.40. The van der Waals surface area contributed by atoms with Crippen LogP contribution >= 0.6 is 11.3 Å². The lowest BCUT2D eigenvalue weighted by Crippen LogP contribution is -2.00. The molecule has 0 N–H and O–H groups in total. The van der Waals surface area contributed by atoms with E-state index in [1.807, 2.05) is 12.3 Å². The maximum absolute atomic E-state index is 10.2. The van der Waals surface area contributed by atoms with Gasteiger partial charge in [0.05, 0.1) is 11.2 Å². The zero-order valence-electron chi connectivity index (χ0n) is 5.78. The van der Waals surface area contributed by atoms with Crippen LogP contribution in [0.5, 0.6) is 0 Å². The summed E-state index contributed by atoms with van der Waals surface area (Å²) in [4.78, 5) is 14.3. The first-order valence-electron chi connectivity index (χ1n) is 3.15. The average molecular weight is 155 g/mol. The third-order valence-corrected chi connectivity index (χ3v) is 1.88. The molecule has 1 heterocycles. The van der Waals surface area contributed by atoms with Crippen LogP contribution in [0, 0.1) is 5.92 Å². The first kappa shape index (κ1) is 7.41. The van der Waals surface area contributed by atoms with Gasteiger partial charge in [-0.3, -0.25) is 0 Å². The van der Waals surface area contributed by atoms with Crippen molar-refractivity contribution in [3.05, 3.63) is 16.6 Å². The highest BCUT2D eigenvalue weighted by Crippen LogP contribution is 2.06. The maximum atomic E-state index is 10.2. The summed E-state index contributed by atoms with van der Waals surface area (Å²) >= 11 is 1.57. The van der Waals surface area contributed by atoms with Crippen molar-refractivity contribution in [2.24, 2.45) is 5.92 Å². The van der Waals surface area contributed by atoms with Crippen molar-refractivity contribution in [2.45, 2.75) is 13.3 Å². The molecule has 0 unspecified atom stereocenters. The lowest BCUT2D eigenvalue weighted by atomic mass is 10.1. The van der Waals surface area contributed by atoms with Crippen LogP contribution in [0.25, 0.3) is 0 Å². The number of hydrogen-bond donors (Lipinski definition) is 0. The number of aromatic nitrogens is 1. The molecule has 0 saturated carbocycles. The van der Waals surface area contributed by atoms with Crippen molar-refractivity contribution in [3.8, 4) is 0 Å². The van der Waals surface area contributed by atoms with Gasteiger partial charge in [0.1, 0.15) is 6.29 Å². The Bertz CT molecular complexity index is 195. The Balaban J connectivity index is 2.47.